The quantitative estimate of drug-likeness (QED) is 0.640. The zero-order valence-electron chi connectivity index (χ0n) is 8.48. The van der Waals surface area contributed by atoms with Gasteiger partial charge in [-0.15, -0.1) is 0 Å². The average Bonchev–Trinajstić information content (AvgIpc) is 2.94. The lowest BCUT2D eigenvalue weighted by atomic mass is 10.1. The van der Waals surface area contributed by atoms with E-state index in [9.17, 15) is 4.79 Å². The van der Waals surface area contributed by atoms with Crippen LogP contribution in [0, 0.1) is 22.7 Å². The van der Waals surface area contributed by atoms with Crippen LogP contribution in [0.1, 0.15) is 22.5 Å². The van der Waals surface area contributed by atoms with Gasteiger partial charge in [-0.3, -0.25) is 4.79 Å². The van der Waals surface area contributed by atoms with Crippen LogP contribution in [0.4, 0.5) is 0 Å². The molecule has 3 rings (SSSR count). The predicted molar refractivity (Wildman–Crippen MR) is 55.6 cm³/mol. The molecule has 0 fully saturated rings. The van der Waals surface area contributed by atoms with Crippen molar-refractivity contribution in [2.24, 2.45) is 0 Å². The number of hydrogen-bond donors (Lipinski definition) is 0. The Labute approximate surface area is 95.1 Å². The molecule has 0 unspecified atom stereocenters. The van der Waals surface area contributed by atoms with E-state index in [-0.39, 0.29) is 23.5 Å². The van der Waals surface area contributed by atoms with E-state index in [0.29, 0.717) is 22.3 Å². The first-order valence-electron chi connectivity index (χ1n) is 4.83. The Morgan fingerprint density at radius 3 is 2.82 bits per heavy atom. The van der Waals surface area contributed by atoms with Gasteiger partial charge in [0, 0.05) is 18.1 Å². The highest BCUT2D eigenvalue weighted by Crippen LogP contribution is 2.41. The molecule has 0 saturated carbocycles. The second kappa shape index (κ2) is 3.10. The summed E-state index contributed by atoms with van der Waals surface area (Å²) in [5, 5.41) is 17.7. The SMILES string of the molecule is N#CC(C#N)=C1CC(=O)c2oc3ccoc3c21. The largest absolute Gasteiger partial charge is 0.460 e. The second-order valence-electron chi connectivity index (χ2n) is 3.60. The number of nitriles is 2. The maximum atomic E-state index is 11.7. The van der Waals surface area contributed by atoms with Crippen LogP contribution in [0.3, 0.4) is 0 Å². The highest BCUT2D eigenvalue weighted by Gasteiger charge is 2.34. The molecule has 0 spiro atoms. The minimum atomic E-state index is -0.232. The number of nitrogens with zero attached hydrogens (tertiary/aromatic N) is 2. The third kappa shape index (κ3) is 1.08. The molecular formula is C12H4N2O3. The summed E-state index contributed by atoms with van der Waals surface area (Å²) in [6.07, 6.45) is 1.45. The van der Waals surface area contributed by atoms with E-state index in [0.717, 1.165) is 0 Å². The van der Waals surface area contributed by atoms with Gasteiger partial charge in [-0.25, -0.2) is 0 Å². The van der Waals surface area contributed by atoms with Crippen LogP contribution in [0.25, 0.3) is 16.7 Å². The maximum absolute atomic E-state index is 11.7. The van der Waals surface area contributed by atoms with E-state index in [2.05, 4.69) is 0 Å². The number of carbonyl (C=O) groups is 1. The van der Waals surface area contributed by atoms with E-state index >= 15 is 0 Å². The van der Waals surface area contributed by atoms with Crippen molar-refractivity contribution in [1.82, 2.24) is 0 Å². The molecule has 0 bridgehead atoms. The number of hydrogen-bond acceptors (Lipinski definition) is 5. The number of carbonyl (C=O) groups excluding carboxylic acids is 1. The van der Waals surface area contributed by atoms with E-state index in [4.69, 9.17) is 19.4 Å². The summed E-state index contributed by atoms with van der Waals surface area (Å²) in [4.78, 5) is 11.7. The van der Waals surface area contributed by atoms with Gasteiger partial charge in [-0.1, -0.05) is 0 Å². The molecule has 5 nitrogen and oxygen atoms in total. The van der Waals surface area contributed by atoms with Crippen molar-refractivity contribution < 1.29 is 13.6 Å². The highest BCUT2D eigenvalue weighted by molar-refractivity contribution is 6.15. The minimum absolute atomic E-state index is 0.0151. The fourth-order valence-corrected chi connectivity index (χ4v) is 2.00. The van der Waals surface area contributed by atoms with Gasteiger partial charge in [0.2, 0.25) is 5.78 Å². The van der Waals surface area contributed by atoms with Crippen molar-refractivity contribution in [3.05, 3.63) is 29.2 Å². The predicted octanol–water partition coefficient (Wildman–Crippen LogP) is 2.41. The molecule has 1 aliphatic rings. The number of rotatable bonds is 0. The van der Waals surface area contributed by atoms with Crippen LogP contribution in [0.2, 0.25) is 0 Å². The van der Waals surface area contributed by atoms with Gasteiger partial charge < -0.3 is 8.83 Å². The molecular weight excluding hydrogens is 220 g/mol. The molecule has 2 aromatic rings. The number of fused-ring (bicyclic) bond motifs is 3. The normalized spacial score (nSPS) is 13.5. The van der Waals surface area contributed by atoms with E-state index in [1.54, 1.807) is 18.2 Å². The van der Waals surface area contributed by atoms with Crippen molar-refractivity contribution >= 4 is 22.5 Å². The lowest BCUT2D eigenvalue weighted by molar-refractivity contribution is 0.0981. The molecule has 1 aliphatic carbocycles. The Morgan fingerprint density at radius 1 is 1.35 bits per heavy atom. The molecule has 17 heavy (non-hydrogen) atoms. The maximum Gasteiger partial charge on any atom is 0.203 e. The Kier molecular flexibility index (Phi) is 1.72. The zero-order chi connectivity index (χ0) is 12.0. The number of allylic oxidation sites excluding steroid dienone is 2. The third-order valence-corrected chi connectivity index (χ3v) is 2.71. The fourth-order valence-electron chi connectivity index (χ4n) is 2.00. The Hall–Kier alpha value is -2.79. The van der Waals surface area contributed by atoms with Gasteiger partial charge in [0.05, 0.1) is 11.8 Å². The summed E-state index contributed by atoms with van der Waals surface area (Å²) in [6, 6.07) is 5.16. The highest BCUT2D eigenvalue weighted by atomic mass is 16.4. The summed E-state index contributed by atoms with van der Waals surface area (Å²) in [7, 11) is 0. The van der Waals surface area contributed by atoms with E-state index in [1.165, 1.54) is 6.26 Å². The zero-order valence-corrected chi connectivity index (χ0v) is 8.48. The molecule has 0 amide bonds. The van der Waals surface area contributed by atoms with Gasteiger partial charge in [-0.2, -0.15) is 10.5 Å². The third-order valence-electron chi connectivity index (χ3n) is 2.71. The van der Waals surface area contributed by atoms with Gasteiger partial charge in [-0.05, 0) is 0 Å². The van der Waals surface area contributed by atoms with Crippen LogP contribution in [0.5, 0.6) is 0 Å². The van der Waals surface area contributed by atoms with E-state index in [1.807, 2.05) is 0 Å². The topological polar surface area (TPSA) is 90.9 Å². The van der Waals surface area contributed by atoms with Crippen molar-refractivity contribution in [2.75, 3.05) is 0 Å². The Morgan fingerprint density at radius 2 is 2.12 bits per heavy atom. The standard InChI is InChI=1S/C12H4N2O3/c13-4-6(5-14)7-3-8(15)11-10(7)12-9(17-11)1-2-16-12/h1-2H,3H2. The number of furan rings is 2. The molecule has 0 aromatic carbocycles. The van der Waals surface area contributed by atoms with Gasteiger partial charge in [0.1, 0.15) is 17.7 Å². The molecule has 0 radical (unpaired) electrons. The first-order valence-corrected chi connectivity index (χ1v) is 4.83. The molecule has 80 valence electrons. The second-order valence-corrected chi connectivity index (χ2v) is 3.60. The molecule has 5 heteroatoms. The first kappa shape index (κ1) is 9.44. The van der Waals surface area contributed by atoms with Crippen molar-refractivity contribution in [3.63, 3.8) is 0 Å². The summed E-state index contributed by atoms with van der Waals surface area (Å²) in [5.74, 6) is -0.0539. The molecule has 0 N–H and O–H groups in total. The molecule has 0 saturated heterocycles. The summed E-state index contributed by atoms with van der Waals surface area (Å²) < 4.78 is 10.6. The van der Waals surface area contributed by atoms with Gasteiger partial charge in [0.15, 0.2) is 16.9 Å². The summed E-state index contributed by atoms with van der Waals surface area (Å²) in [5.41, 5.74) is 1.65. The molecule has 0 aliphatic heterocycles. The van der Waals surface area contributed by atoms with Crippen LogP contribution < -0.4 is 0 Å². The average molecular weight is 224 g/mol. The molecule has 2 aromatic heterocycles. The fraction of sp³-hybridized carbons (Fsp3) is 0.0833. The van der Waals surface area contributed by atoms with Gasteiger partial charge in [0.25, 0.3) is 0 Å². The van der Waals surface area contributed by atoms with Crippen molar-refractivity contribution in [2.45, 2.75) is 6.42 Å². The lowest BCUT2D eigenvalue weighted by Crippen LogP contribution is -1.88. The van der Waals surface area contributed by atoms with Crippen LogP contribution in [-0.4, -0.2) is 5.78 Å². The van der Waals surface area contributed by atoms with Crippen LogP contribution >= 0.6 is 0 Å². The first-order chi connectivity index (χ1) is 8.26. The lowest BCUT2D eigenvalue weighted by Gasteiger charge is -1.93. The minimum Gasteiger partial charge on any atom is -0.460 e. The van der Waals surface area contributed by atoms with E-state index < -0.39 is 0 Å². The van der Waals surface area contributed by atoms with Crippen LogP contribution in [-0.2, 0) is 0 Å². The van der Waals surface area contributed by atoms with Crippen molar-refractivity contribution in [1.29, 1.82) is 10.5 Å². The number of Topliss-reactive ketones (excluding diaryl/α,β-unsaturated/α-hetero) is 1. The Bertz CT molecular complexity index is 746. The molecule has 2 heterocycles. The summed E-state index contributed by atoms with van der Waals surface area (Å²) in [6.45, 7) is 0. The van der Waals surface area contributed by atoms with Gasteiger partial charge >= 0.3 is 0 Å². The monoisotopic (exact) mass is 224 g/mol. The number of ketones is 1. The van der Waals surface area contributed by atoms with Crippen LogP contribution in [0.15, 0.2) is 26.7 Å². The summed E-state index contributed by atoms with van der Waals surface area (Å²) >= 11 is 0. The Balaban J connectivity index is 2.43. The van der Waals surface area contributed by atoms with Crippen molar-refractivity contribution in [3.8, 4) is 12.1 Å². The molecule has 0 atom stereocenters. The smallest absolute Gasteiger partial charge is 0.203 e.